The highest BCUT2D eigenvalue weighted by Crippen LogP contribution is 2.35. The molecule has 4 rings (SSSR count). The Hall–Kier alpha value is -2.96. The topological polar surface area (TPSA) is 75.0 Å². The minimum Gasteiger partial charge on any atom is -0.495 e. The first-order valence-electron chi connectivity index (χ1n) is 8.77. The van der Waals surface area contributed by atoms with Gasteiger partial charge in [-0.1, -0.05) is 0 Å². The fourth-order valence-electron chi connectivity index (χ4n) is 3.69. The van der Waals surface area contributed by atoms with Gasteiger partial charge in [-0.25, -0.2) is 4.79 Å². The zero-order valence-corrected chi connectivity index (χ0v) is 14.6. The molecule has 2 aliphatic rings. The number of furan rings is 1. The van der Waals surface area contributed by atoms with Gasteiger partial charge in [-0.05, 0) is 43.2 Å². The van der Waals surface area contributed by atoms with E-state index in [1.54, 1.807) is 36.5 Å². The minimum atomic E-state index is -0.178. The van der Waals surface area contributed by atoms with E-state index in [2.05, 4.69) is 5.32 Å². The Kier molecular flexibility index (Phi) is 4.28. The van der Waals surface area contributed by atoms with E-state index in [4.69, 9.17) is 9.15 Å². The fourth-order valence-corrected chi connectivity index (χ4v) is 3.69. The summed E-state index contributed by atoms with van der Waals surface area (Å²) in [6, 6.07) is 8.75. The van der Waals surface area contributed by atoms with Crippen molar-refractivity contribution in [1.29, 1.82) is 0 Å². The molecule has 2 fully saturated rings. The summed E-state index contributed by atoms with van der Waals surface area (Å²) in [7, 11) is 1.56. The maximum atomic E-state index is 13.1. The summed E-state index contributed by atoms with van der Waals surface area (Å²) in [5.74, 6) is 1.32. The Bertz CT molecular complexity index is 818. The summed E-state index contributed by atoms with van der Waals surface area (Å²) in [6.45, 7) is 1.81. The molecule has 26 heavy (non-hydrogen) atoms. The molecule has 2 saturated heterocycles. The number of amides is 3. The van der Waals surface area contributed by atoms with E-state index in [0.29, 0.717) is 36.6 Å². The molecule has 1 atom stereocenters. The van der Waals surface area contributed by atoms with E-state index >= 15 is 0 Å². The highest BCUT2D eigenvalue weighted by molar-refractivity contribution is 6.00. The van der Waals surface area contributed by atoms with Gasteiger partial charge in [0.2, 0.25) is 0 Å². The number of anilines is 1. The lowest BCUT2D eigenvalue weighted by Crippen LogP contribution is -2.31. The first kappa shape index (κ1) is 16.5. The average molecular weight is 355 g/mol. The lowest BCUT2D eigenvalue weighted by molar-refractivity contribution is 0.0720. The van der Waals surface area contributed by atoms with Gasteiger partial charge >= 0.3 is 6.03 Å². The second-order valence-electron chi connectivity index (χ2n) is 6.44. The second kappa shape index (κ2) is 6.74. The van der Waals surface area contributed by atoms with Crippen LogP contribution in [0, 0.1) is 0 Å². The van der Waals surface area contributed by atoms with E-state index in [1.165, 1.54) is 0 Å². The monoisotopic (exact) mass is 355 g/mol. The molecule has 136 valence electrons. The Morgan fingerprint density at radius 2 is 2.19 bits per heavy atom. The largest absolute Gasteiger partial charge is 0.495 e. The summed E-state index contributed by atoms with van der Waals surface area (Å²) in [5.41, 5.74) is 1.15. The number of nitrogens with one attached hydrogen (secondary N) is 1. The molecular weight excluding hydrogens is 334 g/mol. The van der Waals surface area contributed by atoms with Crippen LogP contribution < -0.4 is 15.0 Å². The summed E-state index contributed by atoms with van der Waals surface area (Å²) in [5, 5.41) is 2.77. The molecule has 0 bridgehead atoms. The molecule has 1 aromatic heterocycles. The molecule has 2 aromatic rings. The van der Waals surface area contributed by atoms with Gasteiger partial charge in [-0.2, -0.15) is 0 Å². The Morgan fingerprint density at radius 3 is 2.88 bits per heavy atom. The number of likely N-dealkylation sites (tertiary alicyclic amines) is 1. The van der Waals surface area contributed by atoms with Crippen LogP contribution in [-0.2, 0) is 0 Å². The predicted molar refractivity (Wildman–Crippen MR) is 95.5 cm³/mol. The van der Waals surface area contributed by atoms with Crippen molar-refractivity contribution in [2.75, 3.05) is 31.6 Å². The van der Waals surface area contributed by atoms with Crippen LogP contribution in [0.5, 0.6) is 5.75 Å². The van der Waals surface area contributed by atoms with Crippen molar-refractivity contribution in [2.24, 2.45) is 0 Å². The summed E-state index contributed by atoms with van der Waals surface area (Å²) in [4.78, 5) is 28.6. The molecule has 1 aromatic carbocycles. The molecular formula is C19H21N3O4. The maximum absolute atomic E-state index is 13.1. The number of benzene rings is 1. The van der Waals surface area contributed by atoms with Gasteiger partial charge in [0.1, 0.15) is 11.5 Å². The van der Waals surface area contributed by atoms with Gasteiger partial charge in [-0.15, -0.1) is 0 Å². The quantitative estimate of drug-likeness (QED) is 0.915. The van der Waals surface area contributed by atoms with Crippen LogP contribution in [0.15, 0.2) is 41.0 Å². The molecule has 1 N–H and O–H groups in total. The molecule has 0 radical (unpaired) electrons. The van der Waals surface area contributed by atoms with Gasteiger partial charge < -0.3 is 19.4 Å². The Balaban J connectivity index is 1.65. The predicted octanol–water partition coefficient (Wildman–Crippen LogP) is 2.80. The first-order chi connectivity index (χ1) is 12.7. The molecule has 3 amide bonds. The third kappa shape index (κ3) is 2.79. The van der Waals surface area contributed by atoms with Crippen LogP contribution >= 0.6 is 0 Å². The van der Waals surface area contributed by atoms with Crippen LogP contribution in [0.1, 0.15) is 35.0 Å². The zero-order valence-electron chi connectivity index (χ0n) is 14.6. The molecule has 0 aliphatic carbocycles. The Morgan fingerprint density at radius 1 is 1.31 bits per heavy atom. The molecule has 3 heterocycles. The average Bonchev–Trinajstić information content (AvgIpc) is 3.41. The van der Waals surface area contributed by atoms with E-state index in [-0.39, 0.29) is 18.0 Å². The van der Waals surface area contributed by atoms with Gasteiger partial charge in [-0.3, -0.25) is 9.69 Å². The van der Waals surface area contributed by atoms with Gasteiger partial charge in [0, 0.05) is 25.2 Å². The van der Waals surface area contributed by atoms with E-state index in [0.717, 1.165) is 18.6 Å². The second-order valence-corrected chi connectivity index (χ2v) is 6.44. The molecule has 7 nitrogen and oxygen atoms in total. The fraction of sp³-hybridized carbons (Fsp3) is 0.368. The highest BCUT2D eigenvalue weighted by Gasteiger charge is 2.33. The zero-order chi connectivity index (χ0) is 18.1. The van der Waals surface area contributed by atoms with E-state index in [1.807, 2.05) is 17.0 Å². The van der Waals surface area contributed by atoms with Gasteiger partial charge in [0.15, 0.2) is 0 Å². The van der Waals surface area contributed by atoms with Gasteiger partial charge in [0.05, 0.1) is 25.1 Å². The lowest BCUT2D eigenvalue weighted by Gasteiger charge is -2.24. The van der Waals surface area contributed by atoms with Crippen molar-refractivity contribution in [2.45, 2.75) is 18.9 Å². The molecule has 7 heteroatoms. The highest BCUT2D eigenvalue weighted by atomic mass is 16.5. The standard InChI is InChI=1S/C19H21N3O4/c1-25-16-7-6-13(12-15(16)22-10-8-20-19(22)24)18(23)21-9-2-4-14(21)17-5-3-11-26-17/h3,5-7,11-12,14H,2,4,8-10H2,1H3,(H,20,24). The number of nitrogens with zero attached hydrogens (tertiary/aromatic N) is 2. The van der Waals surface area contributed by atoms with E-state index in [9.17, 15) is 9.59 Å². The van der Waals surface area contributed by atoms with Crippen LogP contribution in [0.4, 0.5) is 10.5 Å². The SMILES string of the molecule is COc1ccc(C(=O)N2CCCC2c2ccco2)cc1N1CCNC1=O. The van der Waals surface area contributed by atoms with Crippen LogP contribution in [0.3, 0.4) is 0 Å². The minimum absolute atomic E-state index is 0.0434. The van der Waals surface area contributed by atoms with Crippen LogP contribution in [0.2, 0.25) is 0 Å². The maximum Gasteiger partial charge on any atom is 0.322 e. The summed E-state index contributed by atoms with van der Waals surface area (Å²) >= 11 is 0. The summed E-state index contributed by atoms with van der Waals surface area (Å²) in [6.07, 6.45) is 3.46. The number of hydrogen-bond acceptors (Lipinski definition) is 4. The Labute approximate surface area is 151 Å². The third-order valence-corrected chi connectivity index (χ3v) is 4.96. The number of carbonyl (C=O) groups excluding carboxylic acids is 2. The van der Waals surface area contributed by atoms with Crippen molar-refractivity contribution in [3.05, 3.63) is 47.9 Å². The van der Waals surface area contributed by atoms with Crippen molar-refractivity contribution in [1.82, 2.24) is 10.2 Å². The van der Waals surface area contributed by atoms with Gasteiger partial charge in [0.25, 0.3) is 5.91 Å². The number of urea groups is 1. The normalized spacial score (nSPS) is 19.7. The summed E-state index contributed by atoms with van der Waals surface area (Å²) < 4.78 is 10.9. The first-order valence-corrected chi connectivity index (χ1v) is 8.77. The van der Waals surface area contributed by atoms with Crippen LogP contribution in [-0.4, -0.2) is 43.6 Å². The number of carbonyl (C=O) groups is 2. The van der Waals surface area contributed by atoms with Crippen molar-refractivity contribution in [3.8, 4) is 5.75 Å². The van der Waals surface area contributed by atoms with Crippen molar-refractivity contribution in [3.63, 3.8) is 0 Å². The number of rotatable bonds is 4. The smallest absolute Gasteiger partial charge is 0.322 e. The van der Waals surface area contributed by atoms with E-state index < -0.39 is 0 Å². The molecule has 0 spiro atoms. The molecule has 2 aliphatic heterocycles. The number of ether oxygens (including phenoxy) is 1. The van der Waals surface area contributed by atoms with Crippen molar-refractivity contribution < 1.29 is 18.7 Å². The lowest BCUT2D eigenvalue weighted by atomic mass is 10.1. The molecule has 1 unspecified atom stereocenters. The van der Waals surface area contributed by atoms with Crippen molar-refractivity contribution >= 4 is 17.6 Å². The third-order valence-electron chi connectivity index (χ3n) is 4.96. The van der Waals surface area contributed by atoms with Crippen LogP contribution in [0.25, 0.3) is 0 Å². The number of hydrogen-bond donors (Lipinski definition) is 1. The number of methoxy groups -OCH3 is 1. The molecule has 0 saturated carbocycles.